The van der Waals surface area contributed by atoms with Gasteiger partial charge in [0, 0.05) is 24.7 Å². The zero-order chi connectivity index (χ0) is 14.5. The van der Waals surface area contributed by atoms with Gasteiger partial charge in [0.15, 0.2) is 0 Å². The van der Waals surface area contributed by atoms with E-state index in [-0.39, 0.29) is 0 Å². The molecule has 0 aliphatic carbocycles. The lowest BCUT2D eigenvalue weighted by Gasteiger charge is -2.09. The minimum Gasteiger partial charge on any atom is -0.493 e. The van der Waals surface area contributed by atoms with Crippen molar-refractivity contribution in [3.8, 4) is 11.8 Å². The van der Waals surface area contributed by atoms with Gasteiger partial charge in [-0.2, -0.15) is 5.26 Å². The lowest BCUT2D eigenvalue weighted by Crippen LogP contribution is -2.02. The van der Waals surface area contributed by atoms with Crippen LogP contribution < -0.4 is 10.1 Å². The van der Waals surface area contributed by atoms with Crippen molar-refractivity contribution < 1.29 is 4.74 Å². The summed E-state index contributed by atoms with van der Waals surface area (Å²) in [4.78, 5) is 0. The number of unbranched alkanes of at least 4 members (excludes halogenated alkanes) is 5. The normalized spacial score (nSPS) is 10.0. The van der Waals surface area contributed by atoms with E-state index in [1.165, 1.54) is 32.1 Å². The van der Waals surface area contributed by atoms with Gasteiger partial charge >= 0.3 is 0 Å². The number of rotatable bonds is 11. The number of hydrogen-bond acceptors (Lipinski definition) is 3. The summed E-state index contributed by atoms with van der Waals surface area (Å²) in [5.74, 6) is 0.874. The second-order valence-corrected chi connectivity index (χ2v) is 4.98. The monoisotopic (exact) mass is 274 g/mol. The fourth-order valence-electron chi connectivity index (χ4n) is 2.00. The minimum absolute atomic E-state index is 0.551. The zero-order valence-corrected chi connectivity index (χ0v) is 12.5. The number of ether oxygens (including phenoxy) is 1. The molecule has 1 aromatic rings. The average molecular weight is 274 g/mol. The maximum atomic E-state index is 8.47. The Morgan fingerprint density at radius 2 is 2.00 bits per heavy atom. The first-order valence-electron chi connectivity index (χ1n) is 7.70. The van der Waals surface area contributed by atoms with Gasteiger partial charge < -0.3 is 10.1 Å². The summed E-state index contributed by atoms with van der Waals surface area (Å²) < 4.78 is 5.62. The Hall–Kier alpha value is -1.69. The predicted molar refractivity (Wildman–Crippen MR) is 84.0 cm³/mol. The molecular formula is C17H26N2O. The van der Waals surface area contributed by atoms with Crippen LogP contribution in [0.2, 0.25) is 0 Å². The Morgan fingerprint density at radius 1 is 1.15 bits per heavy atom. The van der Waals surface area contributed by atoms with Crippen molar-refractivity contribution in [2.45, 2.75) is 51.9 Å². The van der Waals surface area contributed by atoms with E-state index < -0.39 is 0 Å². The van der Waals surface area contributed by atoms with Crippen molar-refractivity contribution in [2.75, 3.05) is 18.5 Å². The van der Waals surface area contributed by atoms with Crippen LogP contribution in [0.15, 0.2) is 24.3 Å². The Morgan fingerprint density at radius 3 is 2.80 bits per heavy atom. The van der Waals surface area contributed by atoms with Gasteiger partial charge in [0.2, 0.25) is 0 Å². The second kappa shape index (κ2) is 11.2. The minimum atomic E-state index is 0.551. The molecule has 0 amide bonds. The van der Waals surface area contributed by atoms with Gasteiger partial charge in [-0.3, -0.25) is 0 Å². The third-order valence-electron chi connectivity index (χ3n) is 3.15. The standard InChI is InChI=1S/C17H26N2O/c1-2-3-4-5-7-13-19-16-10-9-11-17(15-16)20-14-8-6-12-18/h9-11,15,19H,2-8,13-14H2,1H3. The molecule has 3 heteroatoms. The SMILES string of the molecule is CCCCCCCNc1cccc(OCCCC#N)c1. The summed E-state index contributed by atoms with van der Waals surface area (Å²) in [5, 5.41) is 11.9. The van der Waals surface area contributed by atoms with Crippen LogP contribution in [0.25, 0.3) is 0 Å². The van der Waals surface area contributed by atoms with Crippen molar-refractivity contribution in [1.29, 1.82) is 5.26 Å². The second-order valence-electron chi connectivity index (χ2n) is 4.98. The van der Waals surface area contributed by atoms with E-state index in [1.807, 2.05) is 18.2 Å². The van der Waals surface area contributed by atoms with Gasteiger partial charge in [-0.15, -0.1) is 0 Å². The highest BCUT2D eigenvalue weighted by Crippen LogP contribution is 2.17. The first-order valence-corrected chi connectivity index (χ1v) is 7.70. The van der Waals surface area contributed by atoms with Gasteiger partial charge in [-0.1, -0.05) is 38.7 Å². The van der Waals surface area contributed by atoms with E-state index in [9.17, 15) is 0 Å². The molecule has 0 unspecified atom stereocenters. The number of hydrogen-bond donors (Lipinski definition) is 1. The molecule has 0 bridgehead atoms. The molecule has 0 atom stereocenters. The third-order valence-corrected chi connectivity index (χ3v) is 3.15. The van der Waals surface area contributed by atoms with E-state index in [2.05, 4.69) is 24.4 Å². The molecule has 0 aliphatic rings. The summed E-state index contributed by atoms with van der Waals surface area (Å²) >= 11 is 0. The quantitative estimate of drug-likeness (QED) is 0.592. The summed E-state index contributed by atoms with van der Waals surface area (Å²) in [7, 11) is 0. The van der Waals surface area contributed by atoms with Gasteiger partial charge in [-0.25, -0.2) is 0 Å². The van der Waals surface area contributed by atoms with Crippen molar-refractivity contribution in [2.24, 2.45) is 0 Å². The average Bonchev–Trinajstić information content (AvgIpc) is 2.48. The van der Waals surface area contributed by atoms with Crippen LogP contribution in [0.5, 0.6) is 5.75 Å². The molecule has 0 heterocycles. The summed E-state index contributed by atoms with van der Waals surface area (Å²) in [6.45, 7) is 3.86. The van der Waals surface area contributed by atoms with Crippen molar-refractivity contribution in [1.82, 2.24) is 0 Å². The maximum absolute atomic E-state index is 8.47. The van der Waals surface area contributed by atoms with Crippen LogP contribution in [0.4, 0.5) is 5.69 Å². The summed E-state index contributed by atoms with van der Waals surface area (Å²) in [5.41, 5.74) is 1.11. The van der Waals surface area contributed by atoms with Gasteiger partial charge in [0.05, 0.1) is 12.7 Å². The number of nitriles is 1. The highest BCUT2D eigenvalue weighted by atomic mass is 16.5. The van der Waals surface area contributed by atoms with E-state index in [0.717, 1.165) is 24.4 Å². The van der Waals surface area contributed by atoms with E-state index in [0.29, 0.717) is 13.0 Å². The molecule has 20 heavy (non-hydrogen) atoms. The first-order chi connectivity index (χ1) is 9.86. The smallest absolute Gasteiger partial charge is 0.121 e. The van der Waals surface area contributed by atoms with Crippen molar-refractivity contribution in [3.63, 3.8) is 0 Å². The van der Waals surface area contributed by atoms with Crippen molar-refractivity contribution >= 4 is 5.69 Å². The van der Waals surface area contributed by atoms with E-state index in [4.69, 9.17) is 10.00 Å². The van der Waals surface area contributed by atoms with Crippen LogP contribution in [0.3, 0.4) is 0 Å². The molecule has 1 N–H and O–H groups in total. The Bertz CT molecular complexity index is 398. The fourth-order valence-corrected chi connectivity index (χ4v) is 2.00. The lowest BCUT2D eigenvalue weighted by molar-refractivity contribution is 0.313. The lowest BCUT2D eigenvalue weighted by atomic mass is 10.1. The van der Waals surface area contributed by atoms with E-state index in [1.54, 1.807) is 0 Å². The van der Waals surface area contributed by atoms with Crippen LogP contribution in [0.1, 0.15) is 51.9 Å². The van der Waals surface area contributed by atoms with Crippen molar-refractivity contribution in [3.05, 3.63) is 24.3 Å². The Labute approximate surface area is 123 Å². The molecule has 0 saturated heterocycles. The molecular weight excluding hydrogens is 248 g/mol. The van der Waals surface area contributed by atoms with E-state index >= 15 is 0 Å². The molecule has 0 saturated carbocycles. The molecule has 110 valence electrons. The van der Waals surface area contributed by atoms with Gasteiger partial charge in [0.1, 0.15) is 5.75 Å². The van der Waals surface area contributed by atoms with Crippen LogP contribution in [-0.2, 0) is 0 Å². The summed E-state index contributed by atoms with van der Waals surface area (Å²) in [6, 6.07) is 10.2. The fraction of sp³-hybridized carbons (Fsp3) is 0.588. The highest BCUT2D eigenvalue weighted by Gasteiger charge is 1.97. The third kappa shape index (κ3) is 7.68. The molecule has 0 spiro atoms. The molecule has 0 radical (unpaired) electrons. The number of benzene rings is 1. The highest BCUT2D eigenvalue weighted by molar-refractivity contribution is 5.48. The summed E-state index contributed by atoms with van der Waals surface area (Å²) in [6.07, 6.45) is 7.81. The van der Waals surface area contributed by atoms with Crippen LogP contribution >= 0.6 is 0 Å². The molecule has 0 fully saturated rings. The Balaban J connectivity index is 2.20. The zero-order valence-electron chi connectivity index (χ0n) is 12.5. The number of nitrogens with zero attached hydrogens (tertiary/aromatic N) is 1. The molecule has 1 aromatic carbocycles. The molecule has 3 nitrogen and oxygen atoms in total. The molecule has 1 rings (SSSR count). The number of anilines is 1. The predicted octanol–water partition coefficient (Wildman–Crippen LogP) is 4.75. The van der Waals surface area contributed by atoms with Gasteiger partial charge in [-0.05, 0) is 25.0 Å². The number of nitrogens with one attached hydrogen (secondary N) is 1. The Kier molecular flexibility index (Phi) is 9.13. The van der Waals surface area contributed by atoms with Gasteiger partial charge in [0.25, 0.3) is 0 Å². The van der Waals surface area contributed by atoms with Crippen LogP contribution in [0, 0.1) is 11.3 Å². The largest absolute Gasteiger partial charge is 0.493 e. The maximum Gasteiger partial charge on any atom is 0.121 e. The molecule has 0 aliphatic heterocycles. The van der Waals surface area contributed by atoms with Crippen LogP contribution in [-0.4, -0.2) is 13.2 Å². The first kappa shape index (κ1) is 16.4. The molecule has 0 aromatic heterocycles. The topological polar surface area (TPSA) is 45.0 Å².